The summed E-state index contributed by atoms with van der Waals surface area (Å²) in [5, 5.41) is 5.20. The molecule has 1 aromatic rings. The quantitative estimate of drug-likeness (QED) is 0.867. The van der Waals surface area contributed by atoms with E-state index < -0.39 is 17.8 Å². The summed E-state index contributed by atoms with van der Waals surface area (Å²) < 4.78 is 13.6. The Balaban J connectivity index is 2.63. The van der Waals surface area contributed by atoms with Gasteiger partial charge >= 0.3 is 0 Å². The number of hydrogen-bond acceptors (Lipinski definition) is 2. The third kappa shape index (κ3) is 4.64. The molecule has 0 aromatic heterocycles. The van der Waals surface area contributed by atoms with Crippen LogP contribution in [0.15, 0.2) is 18.2 Å². The fourth-order valence-electron chi connectivity index (χ4n) is 1.60. The molecular weight excluding hydrogens is 259 g/mol. The first kappa shape index (κ1) is 16.1. The number of halogens is 1. The Kier molecular flexibility index (Phi) is 5.67. The number of benzene rings is 1. The average molecular weight is 280 g/mol. The number of hydrogen-bond donors (Lipinski definition) is 2. The maximum atomic E-state index is 13.6. The maximum absolute atomic E-state index is 13.6. The van der Waals surface area contributed by atoms with Gasteiger partial charge in [-0.25, -0.2) is 4.39 Å². The molecule has 0 spiro atoms. The van der Waals surface area contributed by atoms with Crippen molar-refractivity contribution in [2.24, 2.45) is 5.92 Å². The molecule has 2 N–H and O–H groups in total. The lowest BCUT2D eigenvalue weighted by Crippen LogP contribution is -2.45. The molecule has 5 heteroatoms. The summed E-state index contributed by atoms with van der Waals surface area (Å²) >= 11 is 0. The first-order valence-corrected chi connectivity index (χ1v) is 6.66. The number of carbonyl (C=O) groups excluding carboxylic acids is 2. The van der Waals surface area contributed by atoms with Gasteiger partial charge in [-0.2, -0.15) is 0 Å². The van der Waals surface area contributed by atoms with Crippen molar-refractivity contribution in [1.82, 2.24) is 10.6 Å². The summed E-state index contributed by atoms with van der Waals surface area (Å²) in [5.41, 5.74) is 0.681. The highest BCUT2D eigenvalue weighted by Gasteiger charge is 2.18. The second kappa shape index (κ2) is 7.03. The molecule has 0 aliphatic carbocycles. The molecule has 2 amide bonds. The zero-order valence-electron chi connectivity index (χ0n) is 12.3. The minimum Gasteiger partial charge on any atom is -0.354 e. The van der Waals surface area contributed by atoms with E-state index in [2.05, 4.69) is 10.6 Å². The molecule has 0 heterocycles. The Bertz CT molecular complexity index is 501. The van der Waals surface area contributed by atoms with Gasteiger partial charge in [0, 0.05) is 6.54 Å². The van der Waals surface area contributed by atoms with Gasteiger partial charge in [0.1, 0.15) is 11.9 Å². The molecule has 1 atom stereocenters. The summed E-state index contributed by atoms with van der Waals surface area (Å²) in [7, 11) is 0. The molecular formula is C15H21FN2O2. The molecule has 1 unspecified atom stereocenters. The van der Waals surface area contributed by atoms with E-state index >= 15 is 0 Å². The third-order valence-electron chi connectivity index (χ3n) is 2.79. The van der Waals surface area contributed by atoms with E-state index in [0.717, 1.165) is 5.56 Å². The zero-order chi connectivity index (χ0) is 15.3. The lowest BCUT2D eigenvalue weighted by Gasteiger charge is -2.15. The number of amides is 2. The average Bonchev–Trinajstić information content (AvgIpc) is 2.35. The fourth-order valence-corrected chi connectivity index (χ4v) is 1.60. The predicted octanol–water partition coefficient (Wildman–Crippen LogP) is 2.02. The molecule has 1 aromatic carbocycles. The molecule has 0 radical (unpaired) electrons. The van der Waals surface area contributed by atoms with Gasteiger partial charge in [0.25, 0.3) is 5.91 Å². The Morgan fingerprint density at radius 3 is 2.45 bits per heavy atom. The van der Waals surface area contributed by atoms with Crippen LogP contribution in [-0.4, -0.2) is 24.4 Å². The highest BCUT2D eigenvalue weighted by molar-refractivity contribution is 5.97. The normalized spacial score (nSPS) is 12.1. The number of aryl methyl sites for hydroxylation is 1. The molecule has 0 bridgehead atoms. The van der Waals surface area contributed by atoms with Gasteiger partial charge in [0.2, 0.25) is 5.91 Å². The molecule has 0 saturated carbocycles. The molecule has 0 saturated heterocycles. The summed E-state index contributed by atoms with van der Waals surface area (Å²) in [5.74, 6) is -1.12. The fraction of sp³-hybridized carbons (Fsp3) is 0.467. The van der Waals surface area contributed by atoms with E-state index in [1.165, 1.54) is 12.1 Å². The second-order valence-electron chi connectivity index (χ2n) is 5.32. The topological polar surface area (TPSA) is 58.2 Å². The minimum atomic E-state index is -0.707. The van der Waals surface area contributed by atoms with E-state index in [1.807, 2.05) is 13.8 Å². The lowest BCUT2D eigenvalue weighted by atomic mass is 10.1. The van der Waals surface area contributed by atoms with Gasteiger partial charge in [-0.05, 0) is 37.5 Å². The van der Waals surface area contributed by atoms with Gasteiger partial charge in [-0.1, -0.05) is 19.9 Å². The molecule has 20 heavy (non-hydrogen) atoms. The monoisotopic (exact) mass is 280 g/mol. The largest absolute Gasteiger partial charge is 0.354 e. The SMILES string of the molecule is Cc1ccc(C(=O)NC(C)C(=O)NCC(C)C)c(F)c1. The van der Waals surface area contributed by atoms with Crippen LogP contribution in [0.1, 0.15) is 36.7 Å². The smallest absolute Gasteiger partial charge is 0.254 e. The van der Waals surface area contributed by atoms with Crippen molar-refractivity contribution < 1.29 is 14.0 Å². The van der Waals surface area contributed by atoms with Crippen LogP contribution in [0, 0.1) is 18.7 Å². The number of rotatable bonds is 5. The van der Waals surface area contributed by atoms with Crippen molar-refractivity contribution in [3.05, 3.63) is 35.1 Å². The Hall–Kier alpha value is -1.91. The Labute approximate surface area is 118 Å². The van der Waals surface area contributed by atoms with E-state index in [0.29, 0.717) is 12.5 Å². The van der Waals surface area contributed by atoms with Gasteiger partial charge in [-0.15, -0.1) is 0 Å². The lowest BCUT2D eigenvalue weighted by molar-refractivity contribution is -0.122. The highest BCUT2D eigenvalue weighted by atomic mass is 19.1. The van der Waals surface area contributed by atoms with Gasteiger partial charge in [-0.3, -0.25) is 9.59 Å². The molecule has 0 aliphatic rings. The van der Waals surface area contributed by atoms with Crippen molar-refractivity contribution in [1.29, 1.82) is 0 Å². The molecule has 4 nitrogen and oxygen atoms in total. The van der Waals surface area contributed by atoms with Gasteiger partial charge < -0.3 is 10.6 Å². The molecule has 0 aliphatic heterocycles. The second-order valence-corrected chi connectivity index (χ2v) is 5.32. The van der Waals surface area contributed by atoms with Gasteiger partial charge in [0.15, 0.2) is 0 Å². The summed E-state index contributed by atoms with van der Waals surface area (Å²) in [6, 6.07) is 3.65. The van der Waals surface area contributed by atoms with Crippen LogP contribution in [-0.2, 0) is 4.79 Å². The Morgan fingerprint density at radius 2 is 1.90 bits per heavy atom. The third-order valence-corrected chi connectivity index (χ3v) is 2.79. The van der Waals surface area contributed by atoms with Crippen LogP contribution in [0.4, 0.5) is 4.39 Å². The Morgan fingerprint density at radius 1 is 1.25 bits per heavy atom. The van der Waals surface area contributed by atoms with Crippen molar-refractivity contribution in [3.63, 3.8) is 0 Å². The van der Waals surface area contributed by atoms with E-state index in [4.69, 9.17) is 0 Å². The van der Waals surface area contributed by atoms with Crippen LogP contribution in [0.3, 0.4) is 0 Å². The van der Waals surface area contributed by atoms with Crippen molar-refractivity contribution in [2.75, 3.05) is 6.54 Å². The standard InChI is InChI=1S/C15H21FN2O2/c1-9(2)8-17-14(19)11(4)18-15(20)12-6-5-10(3)7-13(12)16/h5-7,9,11H,8H2,1-4H3,(H,17,19)(H,18,20). The molecule has 0 fully saturated rings. The van der Waals surface area contributed by atoms with Crippen LogP contribution < -0.4 is 10.6 Å². The molecule has 110 valence electrons. The number of nitrogens with one attached hydrogen (secondary N) is 2. The summed E-state index contributed by atoms with van der Waals surface area (Å²) in [6.07, 6.45) is 0. The van der Waals surface area contributed by atoms with Crippen molar-refractivity contribution >= 4 is 11.8 Å². The van der Waals surface area contributed by atoms with Crippen molar-refractivity contribution in [2.45, 2.75) is 33.7 Å². The van der Waals surface area contributed by atoms with E-state index in [-0.39, 0.29) is 11.5 Å². The van der Waals surface area contributed by atoms with Crippen LogP contribution in [0.25, 0.3) is 0 Å². The maximum Gasteiger partial charge on any atom is 0.254 e. The highest BCUT2D eigenvalue weighted by Crippen LogP contribution is 2.09. The number of carbonyl (C=O) groups is 2. The predicted molar refractivity (Wildman–Crippen MR) is 75.9 cm³/mol. The van der Waals surface area contributed by atoms with Crippen molar-refractivity contribution in [3.8, 4) is 0 Å². The van der Waals surface area contributed by atoms with E-state index in [9.17, 15) is 14.0 Å². The summed E-state index contributed by atoms with van der Waals surface area (Å²) in [6.45, 7) is 7.81. The zero-order valence-corrected chi connectivity index (χ0v) is 12.3. The van der Waals surface area contributed by atoms with E-state index in [1.54, 1.807) is 19.9 Å². The minimum absolute atomic E-state index is 0.0564. The van der Waals surface area contributed by atoms with Gasteiger partial charge in [0.05, 0.1) is 5.56 Å². The van der Waals surface area contributed by atoms with Crippen LogP contribution in [0.5, 0.6) is 0 Å². The first-order valence-electron chi connectivity index (χ1n) is 6.66. The van der Waals surface area contributed by atoms with Crippen LogP contribution >= 0.6 is 0 Å². The molecule has 1 rings (SSSR count). The van der Waals surface area contributed by atoms with Crippen LogP contribution in [0.2, 0.25) is 0 Å². The first-order chi connectivity index (χ1) is 9.31. The summed E-state index contributed by atoms with van der Waals surface area (Å²) in [4.78, 5) is 23.6.